The molecular weight excluding hydrogens is 324 g/mol. The molecule has 2 aromatic rings. The molecule has 0 saturated heterocycles. The molecule has 0 radical (unpaired) electrons. The van der Waals surface area contributed by atoms with Crippen molar-refractivity contribution in [3.8, 4) is 5.75 Å². The number of methoxy groups -OCH3 is 1. The zero-order chi connectivity index (χ0) is 12.4. The first-order valence-electron chi connectivity index (χ1n) is 4.88. The Bertz CT molecular complexity index is 527. The number of hydrogen-bond acceptors (Lipinski definition) is 3. The van der Waals surface area contributed by atoms with Gasteiger partial charge in [-0.25, -0.2) is 0 Å². The quantitative estimate of drug-likeness (QED) is 0.909. The third-order valence-corrected chi connectivity index (χ3v) is 4.28. The third-order valence-electron chi connectivity index (χ3n) is 2.38. The van der Waals surface area contributed by atoms with Crippen molar-refractivity contribution < 1.29 is 9.84 Å². The molecule has 0 spiro atoms. The number of benzene rings is 1. The lowest BCUT2D eigenvalue weighted by Gasteiger charge is -2.14. The second-order valence-corrected chi connectivity index (χ2v) is 5.69. The molecule has 0 aliphatic carbocycles. The maximum absolute atomic E-state index is 10.3. The number of ether oxygens (including phenoxy) is 1. The Balaban J connectivity index is 2.46. The standard InChI is InChI=1S/C12H10BrClO2S/c1-16-10-3-2-7(13)6-8(10)11(15)12-9(14)4-5-17-12/h2-6,11,15H,1H3. The topological polar surface area (TPSA) is 29.5 Å². The van der Waals surface area contributed by atoms with Gasteiger partial charge >= 0.3 is 0 Å². The van der Waals surface area contributed by atoms with Gasteiger partial charge in [-0.15, -0.1) is 11.3 Å². The Morgan fingerprint density at radius 1 is 1.41 bits per heavy atom. The Kier molecular flexibility index (Phi) is 4.09. The summed E-state index contributed by atoms with van der Waals surface area (Å²) < 4.78 is 6.13. The summed E-state index contributed by atoms with van der Waals surface area (Å²) in [5.41, 5.74) is 0.700. The van der Waals surface area contributed by atoms with Gasteiger partial charge in [-0.05, 0) is 29.6 Å². The van der Waals surface area contributed by atoms with Crippen molar-refractivity contribution in [2.24, 2.45) is 0 Å². The van der Waals surface area contributed by atoms with Crippen molar-refractivity contribution in [3.05, 3.63) is 49.6 Å². The van der Waals surface area contributed by atoms with E-state index in [0.29, 0.717) is 16.3 Å². The van der Waals surface area contributed by atoms with Crippen LogP contribution in [0, 0.1) is 0 Å². The fourth-order valence-corrected chi connectivity index (χ4v) is 3.10. The van der Waals surface area contributed by atoms with E-state index in [0.717, 1.165) is 9.35 Å². The fourth-order valence-electron chi connectivity index (χ4n) is 1.56. The summed E-state index contributed by atoms with van der Waals surface area (Å²) in [7, 11) is 1.58. The van der Waals surface area contributed by atoms with Crippen molar-refractivity contribution in [2.45, 2.75) is 6.10 Å². The third kappa shape index (κ3) is 2.65. The van der Waals surface area contributed by atoms with Gasteiger partial charge in [-0.2, -0.15) is 0 Å². The molecule has 17 heavy (non-hydrogen) atoms. The zero-order valence-corrected chi connectivity index (χ0v) is 12.1. The predicted molar refractivity (Wildman–Crippen MR) is 74.1 cm³/mol. The molecule has 0 fully saturated rings. The van der Waals surface area contributed by atoms with Gasteiger partial charge in [-0.3, -0.25) is 0 Å². The summed E-state index contributed by atoms with van der Waals surface area (Å²) in [6.45, 7) is 0. The van der Waals surface area contributed by atoms with E-state index in [1.807, 2.05) is 23.6 Å². The van der Waals surface area contributed by atoms with Crippen molar-refractivity contribution >= 4 is 38.9 Å². The van der Waals surface area contributed by atoms with E-state index < -0.39 is 6.10 Å². The molecule has 90 valence electrons. The summed E-state index contributed by atoms with van der Waals surface area (Å²) in [6.07, 6.45) is -0.769. The molecule has 0 amide bonds. The first-order chi connectivity index (χ1) is 8.13. The first-order valence-corrected chi connectivity index (χ1v) is 6.93. The van der Waals surface area contributed by atoms with Crippen LogP contribution in [0.15, 0.2) is 34.1 Å². The van der Waals surface area contributed by atoms with Crippen LogP contribution in [0.1, 0.15) is 16.5 Å². The second kappa shape index (κ2) is 5.40. The molecule has 1 aromatic heterocycles. The molecular formula is C12H10BrClO2S. The van der Waals surface area contributed by atoms with Crippen LogP contribution in [-0.2, 0) is 0 Å². The SMILES string of the molecule is COc1ccc(Br)cc1C(O)c1sccc1Cl. The highest BCUT2D eigenvalue weighted by atomic mass is 79.9. The number of halogens is 2. The van der Waals surface area contributed by atoms with Gasteiger partial charge in [0.2, 0.25) is 0 Å². The fraction of sp³-hybridized carbons (Fsp3) is 0.167. The largest absolute Gasteiger partial charge is 0.496 e. The Morgan fingerprint density at radius 2 is 2.18 bits per heavy atom. The van der Waals surface area contributed by atoms with E-state index in [1.54, 1.807) is 13.2 Å². The molecule has 1 unspecified atom stereocenters. The van der Waals surface area contributed by atoms with E-state index in [4.69, 9.17) is 16.3 Å². The molecule has 1 N–H and O–H groups in total. The van der Waals surface area contributed by atoms with Crippen LogP contribution in [0.3, 0.4) is 0 Å². The van der Waals surface area contributed by atoms with Crippen LogP contribution in [0.2, 0.25) is 5.02 Å². The Morgan fingerprint density at radius 3 is 2.76 bits per heavy atom. The van der Waals surface area contributed by atoms with Gasteiger partial charge in [0.15, 0.2) is 0 Å². The van der Waals surface area contributed by atoms with E-state index in [9.17, 15) is 5.11 Å². The summed E-state index contributed by atoms with van der Waals surface area (Å²) in [5.74, 6) is 0.644. The summed E-state index contributed by atoms with van der Waals surface area (Å²) in [5, 5.41) is 12.7. The number of hydrogen-bond donors (Lipinski definition) is 1. The number of aliphatic hydroxyl groups is 1. The van der Waals surface area contributed by atoms with E-state index >= 15 is 0 Å². The lowest BCUT2D eigenvalue weighted by molar-refractivity contribution is 0.218. The summed E-state index contributed by atoms with van der Waals surface area (Å²) >= 11 is 10.8. The average molecular weight is 334 g/mol. The van der Waals surface area contributed by atoms with Gasteiger partial charge in [0.1, 0.15) is 11.9 Å². The highest BCUT2D eigenvalue weighted by molar-refractivity contribution is 9.10. The van der Waals surface area contributed by atoms with Gasteiger partial charge in [0, 0.05) is 10.0 Å². The van der Waals surface area contributed by atoms with Crippen molar-refractivity contribution in [1.82, 2.24) is 0 Å². The molecule has 2 nitrogen and oxygen atoms in total. The number of aliphatic hydroxyl groups excluding tert-OH is 1. The van der Waals surface area contributed by atoms with E-state index in [-0.39, 0.29) is 0 Å². The van der Waals surface area contributed by atoms with Crippen LogP contribution in [0.25, 0.3) is 0 Å². The Hall–Kier alpha value is -0.550. The predicted octanol–water partition coefficient (Wildman–Crippen LogP) is 4.25. The summed E-state index contributed by atoms with van der Waals surface area (Å²) in [4.78, 5) is 0.725. The first kappa shape index (κ1) is 12.9. The molecule has 1 atom stereocenters. The maximum Gasteiger partial charge on any atom is 0.125 e. The molecule has 0 saturated carbocycles. The normalized spacial score (nSPS) is 12.5. The molecule has 0 bridgehead atoms. The van der Waals surface area contributed by atoms with Crippen LogP contribution in [0.4, 0.5) is 0 Å². The molecule has 1 heterocycles. The number of rotatable bonds is 3. The molecule has 0 aliphatic heterocycles. The van der Waals surface area contributed by atoms with E-state index in [2.05, 4.69) is 15.9 Å². The zero-order valence-electron chi connectivity index (χ0n) is 8.98. The van der Waals surface area contributed by atoms with Gasteiger partial charge in [0.05, 0.1) is 17.0 Å². The monoisotopic (exact) mass is 332 g/mol. The lowest BCUT2D eigenvalue weighted by Crippen LogP contribution is -2.01. The molecule has 2 rings (SSSR count). The highest BCUT2D eigenvalue weighted by Gasteiger charge is 2.19. The van der Waals surface area contributed by atoms with Crippen molar-refractivity contribution in [1.29, 1.82) is 0 Å². The highest BCUT2D eigenvalue weighted by Crippen LogP contribution is 2.37. The van der Waals surface area contributed by atoms with Crippen molar-refractivity contribution in [3.63, 3.8) is 0 Å². The molecule has 0 aliphatic rings. The molecule has 5 heteroatoms. The van der Waals surface area contributed by atoms with Crippen LogP contribution in [-0.4, -0.2) is 12.2 Å². The van der Waals surface area contributed by atoms with E-state index in [1.165, 1.54) is 11.3 Å². The van der Waals surface area contributed by atoms with Gasteiger partial charge < -0.3 is 9.84 Å². The van der Waals surface area contributed by atoms with Crippen molar-refractivity contribution in [2.75, 3.05) is 7.11 Å². The average Bonchev–Trinajstić information content (AvgIpc) is 2.74. The second-order valence-electron chi connectivity index (χ2n) is 3.42. The lowest BCUT2D eigenvalue weighted by atomic mass is 10.1. The minimum absolute atomic E-state index is 0.574. The van der Waals surface area contributed by atoms with Crippen LogP contribution >= 0.6 is 38.9 Å². The maximum atomic E-state index is 10.3. The van der Waals surface area contributed by atoms with Crippen LogP contribution in [0.5, 0.6) is 5.75 Å². The molecule has 1 aromatic carbocycles. The Labute approximate surface area is 117 Å². The number of thiophene rings is 1. The van der Waals surface area contributed by atoms with Gasteiger partial charge in [-0.1, -0.05) is 27.5 Å². The minimum Gasteiger partial charge on any atom is -0.496 e. The minimum atomic E-state index is -0.769. The smallest absolute Gasteiger partial charge is 0.125 e. The summed E-state index contributed by atoms with van der Waals surface area (Å²) in [6, 6.07) is 7.28. The van der Waals surface area contributed by atoms with Crippen LogP contribution < -0.4 is 4.74 Å². The van der Waals surface area contributed by atoms with Gasteiger partial charge in [0.25, 0.3) is 0 Å².